The predicted octanol–water partition coefficient (Wildman–Crippen LogP) is 3.07. The van der Waals surface area contributed by atoms with Crippen LogP contribution in [0.25, 0.3) is 0 Å². The van der Waals surface area contributed by atoms with Crippen molar-refractivity contribution in [2.75, 3.05) is 6.54 Å². The predicted molar refractivity (Wildman–Crippen MR) is 135 cm³/mol. The van der Waals surface area contributed by atoms with E-state index in [0.29, 0.717) is 5.92 Å². The summed E-state index contributed by atoms with van der Waals surface area (Å²) in [6, 6.07) is 7.75. The quantitative estimate of drug-likeness (QED) is 0.507. The molecule has 0 radical (unpaired) electrons. The second kappa shape index (κ2) is 9.74. The number of likely N-dealkylation sites (tertiary alicyclic amines) is 1. The third kappa shape index (κ3) is 5.05. The van der Waals surface area contributed by atoms with Gasteiger partial charge in [-0.05, 0) is 23.8 Å². The number of nitrogens with zero attached hydrogens (tertiary/aromatic N) is 5. The molecule has 2 aliphatic rings. The number of rotatable bonds is 7. The molecule has 0 bridgehead atoms. The standard InChI is InChI=1S/C26H32N6O3S/c1-26(2,3)22(32-15-19(29-30-32)16-9-10-16)25(35)31-14-18(33)13-20(31)23(34)28-21(24-27-11-12-36-24)17-7-5-4-6-8-17/h4-8,11-12,15-16,18,20-22,33H,9-10,13-14H2,1-3H3,(H,28,34)/t18?,20?,21?,22-/m1/s1. The number of carbonyl (C=O) groups excluding carboxylic acids is 2. The molecule has 190 valence electrons. The van der Waals surface area contributed by atoms with E-state index in [1.54, 1.807) is 10.9 Å². The molecule has 1 aromatic carbocycles. The average molecular weight is 509 g/mol. The molecule has 3 heterocycles. The van der Waals surface area contributed by atoms with Crippen LogP contribution in [0.2, 0.25) is 0 Å². The van der Waals surface area contributed by atoms with Crippen LogP contribution < -0.4 is 5.32 Å². The van der Waals surface area contributed by atoms with Gasteiger partial charge >= 0.3 is 0 Å². The Hall–Kier alpha value is -3.11. The molecule has 1 aliphatic heterocycles. The Morgan fingerprint density at radius 2 is 1.94 bits per heavy atom. The van der Waals surface area contributed by atoms with E-state index >= 15 is 0 Å². The van der Waals surface area contributed by atoms with E-state index in [1.165, 1.54) is 16.2 Å². The van der Waals surface area contributed by atoms with Gasteiger partial charge < -0.3 is 15.3 Å². The van der Waals surface area contributed by atoms with Crippen LogP contribution in [0.4, 0.5) is 0 Å². The zero-order chi connectivity index (χ0) is 25.4. The molecule has 3 aromatic rings. The summed E-state index contributed by atoms with van der Waals surface area (Å²) in [4.78, 5) is 33.5. The van der Waals surface area contributed by atoms with Crippen molar-refractivity contribution in [2.45, 2.75) is 70.2 Å². The molecule has 9 nitrogen and oxygen atoms in total. The van der Waals surface area contributed by atoms with E-state index in [4.69, 9.17) is 0 Å². The third-order valence-electron chi connectivity index (χ3n) is 6.83. The normalized spacial score (nSPS) is 21.8. The zero-order valence-electron chi connectivity index (χ0n) is 20.7. The number of aliphatic hydroxyl groups is 1. The molecule has 2 aromatic heterocycles. The maximum Gasteiger partial charge on any atom is 0.248 e. The maximum atomic E-state index is 14.0. The van der Waals surface area contributed by atoms with Crippen LogP contribution in [-0.2, 0) is 9.59 Å². The molecule has 1 aliphatic carbocycles. The molecular weight excluding hydrogens is 476 g/mol. The number of hydrogen-bond donors (Lipinski definition) is 2. The van der Waals surface area contributed by atoms with Gasteiger partial charge in [-0.2, -0.15) is 0 Å². The number of hydrogen-bond acceptors (Lipinski definition) is 7. The van der Waals surface area contributed by atoms with Crippen molar-refractivity contribution in [3.63, 3.8) is 0 Å². The highest BCUT2D eigenvalue weighted by atomic mass is 32.1. The molecule has 4 atom stereocenters. The van der Waals surface area contributed by atoms with Gasteiger partial charge in [0.1, 0.15) is 23.1 Å². The van der Waals surface area contributed by atoms with E-state index in [0.717, 1.165) is 29.1 Å². The van der Waals surface area contributed by atoms with Crippen LogP contribution >= 0.6 is 11.3 Å². The van der Waals surface area contributed by atoms with E-state index in [9.17, 15) is 14.7 Å². The first-order valence-corrected chi connectivity index (χ1v) is 13.3. The Morgan fingerprint density at radius 1 is 1.19 bits per heavy atom. The van der Waals surface area contributed by atoms with Gasteiger partial charge in [-0.1, -0.05) is 56.3 Å². The van der Waals surface area contributed by atoms with Crippen LogP contribution in [-0.4, -0.2) is 60.5 Å². The fourth-order valence-electron chi connectivity index (χ4n) is 4.87. The summed E-state index contributed by atoms with van der Waals surface area (Å²) in [5, 5.41) is 24.8. The summed E-state index contributed by atoms with van der Waals surface area (Å²) in [5.74, 6) is -0.131. The fraction of sp³-hybridized carbons (Fsp3) is 0.500. The van der Waals surface area contributed by atoms with Crippen molar-refractivity contribution in [1.82, 2.24) is 30.2 Å². The number of nitrogens with one attached hydrogen (secondary N) is 1. The minimum absolute atomic E-state index is 0.0981. The first-order valence-electron chi connectivity index (χ1n) is 12.4. The summed E-state index contributed by atoms with van der Waals surface area (Å²) in [7, 11) is 0. The van der Waals surface area contributed by atoms with E-state index < -0.39 is 29.6 Å². The van der Waals surface area contributed by atoms with Gasteiger partial charge in [-0.25, -0.2) is 9.67 Å². The van der Waals surface area contributed by atoms with Gasteiger partial charge in [-0.3, -0.25) is 9.59 Å². The van der Waals surface area contributed by atoms with E-state index in [1.807, 2.05) is 62.7 Å². The van der Waals surface area contributed by atoms with Gasteiger partial charge in [0.25, 0.3) is 0 Å². The maximum absolute atomic E-state index is 14.0. The lowest BCUT2D eigenvalue weighted by molar-refractivity contribution is -0.144. The van der Waals surface area contributed by atoms with E-state index in [-0.39, 0.29) is 24.8 Å². The largest absolute Gasteiger partial charge is 0.391 e. The Labute approximate surface area is 214 Å². The monoisotopic (exact) mass is 508 g/mol. The van der Waals surface area contributed by atoms with Gasteiger partial charge in [0.2, 0.25) is 11.8 Å². The number of amides is 2. The highest BCUT2D eigenvalue weighted by Gasteiger charge is 2.46. The third-order valence-corrected chi connectivity index (χ3v) is 7.67. The van der Waals surface area contributed by atoms with Gasteiger partial charge in [-0.15, -0.1) is 16.4 Å². The lowest BCUT2D eigenvalue weighted by Gasteiger charge is -2.35. The second-order valence-corrected chi connectivity index (χ2v) is 11.7. The van der Waals surface area contributed by atoms with Crippen molar-refractivity contribution in [2.24, 2.45) is 5.41 Å². The van der Waals surface area contributed by atoms with Crippen molar-refractivity contribution < 1.29 is 14.7 Å². The number of aliphatic hydroxyl groups excluding tert-OH is 1. The molecule has 1 saturated heterocycles. The first-order chi connectivity index (χ1) is 17.2. The fourth-order valence-corrected chi connectivity index (χ4v) is 5.59. The molecule has 2 amide bonds. The topological polar surface area (TPSA) is 113 Å². The number of benzene rings is 1. The lowest BCUT2D eigenvalue weighted by atomic mass is 9.85. The van der Waals surface area contributed by atoms with Crippen molar-refractivity contribution in [3.05, 3.63) is 64.4 Å². The first kappa shape index (κ1) is 24.6. The highest BCUT2D eigenvalue weighted by molar-refractivity contribution is 7.09. The van der Waals surface area contributed by atoms with Gasteiger partial charge in [0, 0.05) is 36.7 Å². The number of β-amino-alcohol motifs (C(OH)–C–C–N with tert-alkyl or cyclic N) is 1. The summed E-state index contributed by atoms with van der Waals surface area (Å²) < 4.78 is 1.64. The Balaban J connectivity index is 1.40. The number of thiazole rings is 1. The summed E-state index contributed by atoms with van der Waals surface area (Å²) in [5.41, 5.74) is 1.33. The minimum Gasteiger partial charge on any atom is -0.391 e. The smallest absolute Gasteiger partial charge is 0.248 e. The van der Waals surface area contributed by atoms with Crippen LogP contribution in [0.5, 0.6) is 0 Å². The summed E-state index contributed by atoms with van der Waals surface area (Å²) in [6.07, 6.45) is 5.15. The van der Waals surface area contributed by atoms with Crippen molar-refractivity contribution in [3.8, 4) is 0 Å². The minimum atomic E-state index is -0.796. The van der Waals surface area contributed by atoms with Gasteiger partial charge in [0.15, 0.2) is 0 Å². The van der Waals surface area contributed by atoms with Crippen LogP contribution in [0.1, 0.15) is 74.3 Å². The SMILES string of the molecule is CC(C)(C)[C@@H](C(=O)N1CC(O)CC1C(=O)NC(c1ccccc1)c1nccs1)n1cc(C2CC2)nn1. The number of carbonyl (C=O) groups is 2. The molecule has 10 heteroatoms. The lowest BCUT2D eigenvalue weighted by Crippen LogP contribution is -2.51. The molecule has 1 saturated carbocycles. The van der Waals surface area contributed by atoms with Gasteiger partial charge in [0.05, 0.1) is 11.8 Å². The van der Waals surface area contributed by atoms with Crippen molar-refractivity contribution in [1.29, 1.82) is 0 Å². The molecule has 3 unspecified atom stereocenters. The number of aromatic nitrogens is 4. The van der Waals surface area contributed by atoms with Crippen LogP contribution in [0.15, 0.2) is 48.1 Å². The van der Waals surface area contributed by atoms with Crippen LogP contribution in [0, 0.1) is 5.41 Å². The molecule has 2 N–H and O–H groups in total. The van der Waals surface area contributed by atoms with Crippen molar-refractivity contribution >= 4 is 23.2 Å². The van der Waals surface area contributed by atoms with E-state index in [2.05, 4.69) is 20.6 Å². The molecule has 2 fully saturated rings. The Morgan fingerprint density at radius 3 is 2.58 bits per heavy atom. The molecule has 0 spiro atoms. The summed E-state index contributed by atoms with van der Waals surface area (Å²) >= 11 is 1.46. The second-order valence-electron chi connectivity index (χ2n) is 10.8. The Bertz CT molecular complexity index is 1200. The molecule has 36 heavy (non-hydrogen) atoms. The molecular formula is C26H32N6O3S. The Kier molecular flexibility index (Phi) is 6.65. The summed E-state index contributed by atoms with van der Waals surface area (Å²) in [6.45, 7) is 6.03. The highest BCUT2D eigenvalue weighted by Crippen LogP contribution is 2.40. The van der Waals surface area contributed by atoms with Crippen LogP contribution in [0.3, 0.4) is 0 Å². The average Bonchev–Trinajstić information content (AvgIpc) is 3.22. The zero-order valence-corrected chi connectivity index (χ0v) is 21.6. The molecule has 5 rings (SSSR count).